The third-order valence-corrected chi connectivity index (χ3v) is 2.95. The molecule has 0 aliphatic carbocycles. The van der Waals surface area contributed by atoms with Gasteiger partial charge in [0.1, 0.15) is 0 Å². The maximum Gasteiger partial charge on any atom is 0.326 e. The molecule has 1 aromatic carbocycles. The molecule has 0 saturated heterocycles. The van der Waals surface area contributed by atoms with Crippen LogP contribution in [0.25, 0.3) is 10.9 Å². The largest absolute Gasteiger partial charge is 0.383 e. The van der Waals surface area contributed by atoms with Crippen LogP contribution in [0.5, 0.6) is 0 Å². The Morgan fingerprint density at radius 2 is 2.29 bits per heavy atom. The molecule has 0 aliphatic heterocycles. The number of aromatic nitrogens is 1. The number of hydrogen-bond acceptors (Lipinski definition) is 2. The molecule has 2 aromatic rings. The average molecular weight is 297 g/mol. The number of benzene rings is 1. The van der Waals surface area contributed by atoms with Crippen molar-refractivity contribution in [3.63, 3.8) is 0 Å². The molecule has 0 atom stereocenters. The number of ether oxygens (including phenoxy) is 1. The number of methoxy groups -OCH3 is 1. The fourth-order valence-corrected chi connectivity index (χ4v) is 2.01. The smallest absolute Gasteiger partial charge is 0.326 e. The quantitative estimate of drug-likeness (QED) is 0.885. The molecule has 17 heavy (non-hydrogen) atoms. The zero-order chi connectivity index (χ0) is 12.3. The van der Waals surface area contributed by atoms with E-state index >= 15 is 0 Å². The summed E-state index contributed by atoms with van der Waals surface area (Å²) in [5.41, 5.74) is 0.892. The highest BCUT2D eigenvalue weighted by Gasteiger charge is 2.07. The molecule has 1 N–H and O–H groups in total. The highest BCUT2D eigenvalue weighted by molar-refractivity contribution is 9.10. The molecule has 0 radical (unpaired) electrons. The summed E-state index contributed by atoms with van der Waals surface area (Å²) in [6, 6.07) is 7.58. The molecular formula is C12H13BrN2O2. The van der Waals surface area contributed by atoms with Gasteiger partial charge < -0.3 is 10.1 Å². The Balaban J connectivity index is 2.21. The van der Waals surface area contributed by atoms with Crippen LogP contribution < -0.4 is 5.32 Å². The Kier molecular flexibility index (Phi) is 3.81. The monoisotopic (exact) mass is 296 g/mol. The molecule has 1 aromatic heterocycles. The molecule has 2 rings (SSSR count). The van der Waals surface area contributed by atoms with Crippen LogP contribution in [0.15, 0.2) is 34.9 Å². The Morgan fingerprint density at radius 1 is 1.47 bits per heavy atom. The van der Waals surface area contributed by atoms with Gasteiger partial charge in [0.2, 0.25) is 0 Å². The number of nitrogens with one attached hydrogen (secondary N) is 1. The lowest BCUT2D eigenvalue weighted by atomic mass is 10.2. The molecule has 1 amide bonds. The SMILES string of the molecule is COCCNC(=O)n1ccc2cc(Br)ccc21. The molecular weight excluding hydrogens is 284 g/mol. The standard InChI is InChI=1S/C12H13BrN2O2/c1-17-7-5-14-12(16)15-6-4-9-8-10(13)2-3-11(9)15/h2-4,6,8H,5,7H2,1H3,(H,14,16). The van der Waals surface area contributed by atoms with Crippen LogP contribution in [0.1, 0.15) is 0 Å². The van der Waals surface area contributed by atoms with Gasteiger partial charge in [-0.05, 0) is 24.3 Å². The Labute approximate surface area is 108 Å². The maximum absolute atomic E-state index is 11.9. The first-order chi connectivity index (χ1) is 8.22. The van der Waals surface area contributed by atoms with Gasteiger partial charge in [0, 0.05) is 29.7 Å². The van der Waals surface area contributed by atoms with Crippen LogP contribution in [0, 0.1) is 0 Å². The van der Waals surface area contributed by atoms with Gasteiger partial charge in [-0.15, -0.1) is 0 Å². The minimum atomic E-state index is -0.139. The van der Waals surface area contributed by atoms with Crippen molar-refractivity contribution in [3.8, 4) is 0 Å². The molecule has 0 aliphatic rings. The van der Waals surface area contributed by atoms with Gasteiger partial charge in [0.15, 0.2) is 0 Å². The van der Waals surface area contributed by atoms with Crippen LogP contribution in [0.4, 0.5) is 4.79 Å². The number of amides is 1. The van der Waals surface area contributed by atoms with E-state index < -0.39 is 0 Å². The van der Waals surface area contributed by atoms with Gasteiger partial charge in [-0.1, -0.05) is 15.9 Å². The summed E-state index contributed by atoms with van der Waals surface area (Å²) >= 11 is 3.40. The number of carbonyl (C=O) groups excluding carboxylic acids is 1. The minimum Gasteiger partial charge on any atom is -0.383 e. The van der Waals surface area contributed by atoms with Crippen molar-refractivity contribution in [1.82, 2.24) is 9.88 Å². The van der Waals surface area contributed by atoms with Crippen LogP contribution in [-0.2, 0) is 4.74 Å². The lowest BCUT2D eigenvalue weighted by molar-refractivity contribution is 0.196. The highest BCUT2D eigenvalue weighted by Crippen LogP contribution is 2.20. The second kappa shape index (κ2) is 5.33. The molecule has 5 heteroatoms. The third-order valence-electron chi connectivity index (χ3n) is 2.45. The molecule has 0 spiro atoms. The van der Waals surface area contributed by atoms with Gasteiger partial charge >= 0.3 is 6.03 Å². The second-order valence-electron chi connectivity index (χ2n) is 3.61. The zero-order valence-corrected chi connectivity index (χ0v) is 11.0. The van der Waals surface area contributed by atoms with Gasteiger partial charge in [-0.2, -0.15) is 0 Å². The van der Waals surface area contributed by atoms with E-state index in [0.29, 0.717) is 13.2 Å². The summed E-state index contributed by atoms with van der Waals surface area (Å²) < 4.78 is 7.48. The first kappa shape index (κ1) is 12.1. The van der Waals surface area contributed by atoms with Gasteiger partial charge in [0.05, 0.1) is 12.1 Å². The van der Waals surface area contributed by atoms with Gasteiger partial charge in [-0.25, -0.2) is 4.79 Å². The highest BCUT2D eigenvalue weighted by atomic mass is 79.9. The Hall–Kier alpha value is -1.33. The van der Waals surface area contributed by atoms with Crippen molar-refractivity contribution < 1.29 is 9.53 Å². The van der Waals surface area contributed by atoms with Gasteiger partial charge in [0.25, 0.3) is 0 Å². The molecule has 0 fully saturated rings. The molecule has 0 saturated carbocycles. The first-order valence-electron chi connectivity index (χ1n) is 5.26. The van der Waals surface area contributed by atoms with E-state index in [1.54, 1.807) is 17.9 Å². The lowest BCUT2D eigenvalue weighted by Crippen LogP contribution is -2.30. The summed E-state index contributed by atoms with van der Waals surface area (Å²) in [6.45, 7) is 1.02. The van der Waals surface area contributed by atoms with Crippen molar-refractivity contribution in [2.45, 2.75) is 0 Å². The number of hydrogen-bond donors (Lipinski definition) is 1. The van der Waals surface area contributed by atoms with E-state index in [-0.39, 0.29) is 6.03 Å². The fraction of sp³-hybridized carbons (Fsp3) is 0.250. The van der Waals surface area contributed by atoms with E-state index in [2.05, 4.69) is 21.2 Å². The summed E-state index contributed by atoms with van der Waals surface area (Å²) in [4.78, 5) is 11.9. The normalized spacial score (nSPS) is 10.7. The zero-order valence-electron chi connectivity index (χ0n) is 9.44. The third kappa shape index (κ3) is 2.68. The van der Waals surface area contributed by atoms with Crippen molar-refractivity contribution in [1.29, 1.82) is 0 Å². The summed E-state index contributed by atoms with van der Waals surface area (Å²) in [5, 5.41) is 3.81. The van der Waals surface area contributed by atoms with Crippen LogP contribution in [0.3, 0.4) is 0 Å². The Bertz CT molecular complexity index is 536. The Morgan fingerprint density at radius 3 is 3.06 bits per heavy atom. The predicted molar refractivity (Wildman–Crippen MR) is 70.3 cm³/mol. The average Bonchev–Trinajstić information content (AvgIpc) is 2.72. The molecule has 4 nitrogen and oxygen atoms in total. The van der Waals surface area contributed by atoms with Crippen molar-refractivity contribution >= 4 is 32.9 Å². The molecule has 90 valence electrons. The predicted octanol–water partition coefficient (Wildman–Crippen LogP) is 2.61. The number of nitrogens with zero attached hydrogens (tertiary/aromatic N) is 1. The fourth-order valence-electron chi connectivity index (χ4n) is 1.64. The van der Waals surface area contributed by atoms with Crippen molar-refractivity contribution in [2.24, 2.45) is 0 Å². The number of fused-ring (bicyclic) bond motifs is 1. The number of rotatable bonds is 3. The lowest BCUT2D eigenvalue weighted by Gasteiger charge is -2.06. The van der Waals surface area contributed by atoms with Crippen LogP contribution in [-0.4, -0.2) is 30.9 Å². The first-order valence-corrected chi connectivity index (χ1v) is 6.05. The number of halogens is 1. The van der Waals surface area contributed by atoms with E-state index in [1.165, 1.54) is 0 Å². The topological polar surface area (TPSA) is 43.3 Å². The van der Waals surface area contributed by atoms with Crippen LogP contribution >= 0.6 is 15.9 Å². The molecule has 0 bridgehead atoms. The van der Waals surface area contributed by atoms with Crippen molar-refractivity contribution in [3.05, 3.63) is 34.9 Å². The minimum absolute atomic E-state index is 0.139. The molecule has 0 unspecified atom stereocenters. The molecule has 1 heterocycles. The van der Waals surface area contributed by atoms with E-state index in [9.17, 15) is 4.79 Å². The van der Waals surface area contributed by atoms with Crippen LogP contribution in [0.2, 0.25) is 0 Å². The maximum atomic E-state index is 11.9. The van der Waals surface area contributed by atoms with Gasteiger partial charge in [-0.3, -0.25) is 4.57 Å². The number of carbonyl (C=O) groups is 1. The van der Waals surface area contributed by atoms with Crippen molar-refractivity contribution in [2.75, 3.05) is 20.3 Å². The summed E-state index contributed by atoms with van der Waals surface area (Å²) in [6.07, 6.45) is 1.76. The van der Waals surface area contributed by atoms with E-state index in [0.717, 1.165) is 15.4 Å². The summed E-state index contributed by atoms with van der Waals surface area (Å²) in [5.74, 6) is 0. The van der Waals surface area contributed by atoms with E-state index in [1.807, 2.05) is 24.3 Å². The summed E-state index contributed by atoms with van der Waals surface area (Å²) in [7, 11) is 1.61. The van der Waals surface area contributed by atoms with E-state index in [4.69, 9.17) is 4.74 Å². The second-order valence-corrected chi connectivity index (χ2v) is 4.53.